The predicted molar refractivity (Wildman–Crippen MR) is 45.4 cm³/mol. The van der Waals surface area contributed by atoms with E-state index in [0.29, 0.717) is 5.15 Å². The Hall–Kier alpha value is -0.860. The molecule has 0 spiro atoms. The number of rotatable bonds is 2. The molecule has 0 fully saturated rings. The first-order valence-electron chi connectivity index (χ1n) is 3.22. The number of aliphatic hydroxyl groups is 1. The van der Waals surface area contributed by atoms with Gasteiger partial charge in [-0.15, -0.1) is 0 Å². The molecule has 0 aliphatic carbocycles. The number of hydrogen-bond acceptors (Lipinski definition) is 2. The lowest BCUT2D eigenvalue weighted by Gasteiger charge is -1.90. The van der Waals surface area contributed by atoms with Crippen molar-refractivity contribution in [3.8, 4) is 0 Å². The summed E-state index contributed by atoms with van der Waals surface area (Å²) in [6.07, 6.45) is 5.07. The largest absolute Gasteiger partial charge is 0.392 e. The Labute approximate surface area is 70.2 Å². The van der Waals surface area contributed by atoms with Crippen LogP contribution in [0, 0.1) is 0 Å². The molecule has 0 aromatic carbocycles. The number of pyridine rings is 1. The third kappa shape index (κ3) is 2.70. The summed E-state index contributed by atoms with van der Waals surface area (Å²) in [6.45, 7) is 0.0443. The van der Waals surface area contributed by atoms with Crippen LogP contribution in [0.3, 0.4) is 0 Å². The van der Waals surface area contributed by atoms with Crippen molar-refractivity contribution in [3.63, 3.8) is 0 Å². The van der Waals surface area contributed by atoms with Crippen LogP contribution in [0.4, 0.5) is 0 Å². The van der Waals surface area contributed by atoms with E-state index in [9.17, 15) is 0 Å². The lowest BCUT2D eigenvalue weighted by Crippen LogP contribution is -1.77. The number of nitrogens with zero attached hydrogens (tertiary/aromatic N) is 1. The van der Waals surface area contributed by atoms with Crippen molar-refractivity contribution < 1.29 is 5.11 Å². The van der Waals surface area contributed by atoms with Gasteiger partial charge in [0.15, 0.2) is 0 Å². The molecule has 0 aliphatic heterocycles. The van der Waals surface area contributed by atoms with E-state index < -0.39 is 0 Å². The third-order valence-electron chi connectivity index (χ3n) is 1.17. The quantitative estimate of drug-likeness (QED) is 0.685. The van der Waals surface area contributed by atoms with Gasteiger partial charge >= 0.3 is 0 Å². The minimum Gasteiger partial charge on any atom is -0.392 e. The summed E-state index contributed by atoms with van der Waals surface area (Å²) in [6, 6.07) is 3.54. The van der Waals surface area contributed by atoms with Gasteiger partial charge in [0.2, 0.25) is 0 Å². The van der Waals surface area contributed by atoms with E-state index in [1.165, 1.54) is 0 Å². The van der Waals surface area contributed by atoms with Crippen LogP contribution in [0.2, 0.25) is 5.15 Å². The molecule has 11 heavy (non-hydrogen) atoms. The van der Waals surface area contributed by atoms with Crippen molar-refractivity contribution in [2.45, 2.75) is 0 Å². The molecule has 0 bridgehead atoms. The first kappa shape index (κ1) is 8.24. The highest BCUT2D eigenvalue weighted by Gasteiger charge is 1.87. The van der Waals surface area contributed by atoms with Crippen LogP contribution in [0.5, 0.6) is 0 Å². The molecule has 0 saturated heterocycles. The van der Waals surface area contributed by atoms with Crippen LogP contribution in [-0.2, 0) is 0 Å². The molecular weight excluding hydrogens is 162 g/mol. The summed E-state index contributed by atoms with van der Waals surface area (Å²) < 4.78 is 0. The fourth-order valence-electron chi connectivity index (χ4n) is 0.675. The van der Waals surface area contributed by atoms with E-state index in [-0.39, 0.29) is 6.61 Å². The normalized spacial score (nSPS) is 10.7. The molecule has 1 N–H and O–H groups in total. The maximum Gasteiger partial charge on any atom is 0.129 e. The van der Waals surface area contributed by atoms with Crippen molar-refractivity contribution in [2.75, 3.05) is 6.61 Å². The SMILES string of the molecule is OCC=Cc1ccc(Cl)nc1. The van der Waals surface area contributed by atoms with Crippen molar-refractivity contribution in [2.24, 2.45) is 0 Å². The Morgan fingerprint density at radius 1 is 1.55 bits per heavy atom. The summed E-state index contributed by atoms with van der Waals surface area (Å²) in [4.78, 5) is 3.86. The van der Waals surface area contributed by atoms with Crippen LogP contribution in [-0.4, -0.2) is 16.7 Å². The molecule has 1 aromatic rings. The summed E-state index contributed by atoms with van der Waals surface area (Å²) >= 11 is 5.56. The Balaban J connectivity index is 2.73. The molecule has 0 radical (unpaired) electrons. The minimum atomic E-state index is 0.0443. The second-order valence-electron chi connectivity index (χ2n) is 2.00. The Kier molecular flexibility index (Phi) is 3.08. The second kappa shape index (κ2) is 4.11. The molecule has 1 heterocycles. The van der Waals surface area contributed by atoms with Gasteiger partial charge in [-0.25, -0.2) is 4.98 Å². The van der Waals surface area contributed by atoms with Gasteiger partial charge in [0.05, 0.1) is 6.61 Å². The fraction of sp³-hybridized carbons (Fsp3) is 0.125. The summed E-state index contributed by atoms with van der Waals surface area (Å²) in [5.74, 6) is 0. The monoisotopic (exact) mass is 169 g/mol. The smallest absolute Gasteiger partial charge is 0.129 e. The topological polar surface area (TPSA) is 33.1 Å². The van der Waals surface area contributed by atoms with E-state index in [0.717, 1.165) is 5.56 Å². The van der Waals surface area contributed by atoms with Crippen LogP contribution < -0.4 is 0 Å². The lowest BCUT2D eigenvalue weighted by molar-refractivity contribution is 0.343. The average molecular weight is 170 g/mol. The summed E-state index contributed by atoms with van der Waals surface area (Å²) in [5.41, 5.74) is 0.934. The van der Waals surface area contributed by atoms with Crippen LogP contribution in [0.1, 0.15) is 5.56 Å². The van der Waals surface area contributed by atoms with Crippen molar-refractivity contribution in [1.29, 1.82) is 0 Å². The first-order valence-corrected chi connectivity index (χ1v) is 3.59. The standard InChI is InChI=1S/C8H8ClNO/c9-8-4-3-7(6-10-8)2-1-5-11/h1-4,6,11H,5H2. The molecule has 0 aliphatic rings. The molecule has 1 aromatic heterocycles. The zero-order chi connectivity index (χ0) is 8.10. The van der Waals surface area contributed by atoms with Gasteiger partial charge in [-0.3, -0.25) is 0 Å². The van der Waals surface area contributed by atoms with E-state index in [4.69, 9.17) is 16.7 Å². The number of hydrogen-bond donors (Lipinski definition) is 1. The van der Waals surface area contributed by atoms with Gasteiger partial charge in [-0.2, -0.15) is 0 Å². The van der Waals surface area contributed by atoms with Crippen molar-refractivity contribution >= 4 is 17.7 Å². The van der Waals surface area contributed by atoms with E-state index in [2.05, 4.69) is 4.98 Å². The van der Waals surface area contributed by atoms with Gasteiger partial charge in [0.25, 0.3) is 0 Å². The molecular formula is C8H8ClNO. The predicted octanol–water partition coefficient (Wildman–Crippen LogP) is 1.74. The van der Waals surface area contributed by atoms with Crippen LogP contribution >= 0.6 is 11.6 Å². The van der Waals surface area contributed by atoms with Crippen molar-refractivity contribution in [3.05, 3.63) is 35.1 Å². The number of aromatic nitrogens is 1. The zero-order valence-electron chi connectivity index (χ0n) is 5.87. The molecule has 1 rings (SSSR count). The second-order valence-corrected chi connectivity index (χ2v) is 2.39. The number of aliphatic hydroxyl groups excluding tert-OH is 1. The molecule has 2 nitrogen and oxygen atoms in total. The maximum atomic E-state index is 8.45. The Morgan fingerprint density at radius 3 is 2.91 bits per heavy atom. The molecule has 0 amide bonds. The highest BCUT2D eigenvalue weighted by atomic mass is 35.5. The number of halogens is 1. The Bertz CT molecular complexity index is 243. The van der Waals surface area contributed by atoms with E-state index in [1.54, 1.807) is 24.4 Å². The summed E-state index contributed by atoms with van der Waals surface area (Å²) in [5, 5.41) is 8.93. The highest BCUT2D eigenvalue weighted by Crippen LogP contribution is 2.05. The molecule has 58 valence electrons. The van der Waals surface area contributed by atoms with Crippen LogP contribution in [0.15, 0.2) is 24.4 Å². The molecule has 0 saturated carbocycles. The zero-order valence-corrected chi connectivity index (χ0v) is 6.62. The summed E-state index contributed by atoms with van der Waals surface area (Å²) in [7, 11) is 0. The lowest BCUT2D eigenvalue weighted by atomic mass is 10.3. The van der Waals surface area contributed by atoms with Gasteiger partial charge in [0.1, 0.15) is 5.15 Å². The van der Waals surface area contributed by atoms with E-state index in [1.807, 2.05) is 6.07 Å². The van der Waals surface area contributed by atoms with Gasteiger partial charge in [0, 0.05) is 6.20 Å². The van der Waals surface area contributed by atoms with Gasteiger partial charge < -0.3 is 5.11 Å². The highest BCUT2D eigenvalue weighted by molar-refractivity contribution is 6.29. The maximum absolute atomic E-state index is 8.45. The fourth-order valence-corrected chi connectivity index (χ4v) is 0.786. The van der Waals surface area contributed by atoms with Crippen molar-refractivity contribution in [1.82, 2.24) is 4.98 Å². The van der Waals surface area contributed by atoms with Gasteiger partial charge in [-0.05, 0) is 11.6 Å². The molecule has 0 atom stereocenters. The van der Waals surface area contributed by atoms with E-state index >= 15 is 0 Å². The Morgan fingerprint density at radius 2 is 2.36 bits per heavy atom. The molecule has 0 unspecified atom stereocenters. The van der Waals surface area contributed by atoms with Crippen LogP contribution in [0.25, 0.3) is 6.08 Å². The third-order valence-corrected chi connectivity index (χ3v) is 1.39. The van der Waals surface area contributed by atoms with Gasteiger partial charge in [-0.1, -0.05) is 29.8 Å². The minimum absolute atomic E-state index is 0.0443. The average Bonchev–Trinajstić information content (AvgIpc) is 2.04. The first-order chi connectivity index (χ1) is 5.33. The molecule has 3 heteroatoms.